The zero-order chi connectivity index (χ0) is 14.9. The van der Waals surface area contributed by atoms with Gasteiger partial charge in [0.1, 0.15) is 11.6 Å². The van der Waals surface area contributed by atoms with Crippen LogP contribution in [0.2, 0.25) is 0 Å². The predicted molar refractivity (Wildman–Crippen MR) is 91.2 cm³/mol. The minimum Gasteiger partial charge on any atom is -0.370 e. The average Bonchev–Trinajstić information content (AvgIpc) is 2.53. The van der Waals surface area contributed by atoms with Crippen LogP contribution in [0.5, 0.6) is 0 Å². The van der Waals surface area contributed by atoms with Crippen molar-refractivity contribution in [3.05, 3.63) is 42.0 Å². The van der Waals surface area contributed by atoms with Crippen LogP contribution in [0.4, 0.5) is 11.6 Å². The quantitative estimate of drug-likeness (QED) is 0.442. The van der Waals surface area contributed by atoms with E-state index in [-0.39, 0.29) is 0 Å². The minimum atomic E-state index is 0.791. The third-order valence-corrected chi connectivity index (χ3v) is 3.58. The molecule has 0 atom stereocenters. The van der Waals surface area contributed by atoms with Gasteiger partial charge in [0, 0.05) is 19.2 Å². The summed E-state index contributed by atoms with van der Waals surface area (Å²) in [6.45, 7) is 3.83. The third-order valence-electron chi connectivity index (χ3n) is 3.04. The van der Waals surface area contributed by atoms with Crippen LogP contribution in [0.25, 0.3) is 0 Å². The molecule has 2 N–H and O–H groups in total. The Morgan fingerprint density at radius 1 is 1.05 bits per heavy atom. The van der Waals surface area contributed by atoms with Crippen molar-refractivity contribution in [3.8, 4) is 0 Å². The summed E-state index contributed by atoms with van der Waals surface area (Å²) in [5.41, 5.74) is 1.38. The SMILES string of the molecule is CCNc1cc(NCCCc2ccccc2)nc(SC)n1. The molecular formula is C16H22N4S. The molecule has 0 unspecified atom stereocenters. The van der Waals surface area contributed by atoms with E-state index < -0.39 is 0 Å². The molecule has 0 spiro atoms. The van der Waals surface area contributed by atoms with Crippen molar-refractivity contribution in [1.29, 1.82) is 0 Å². The van der Waals surface area contributed by atoms with E-state index in [0.29, 0.717) is 0 Å². The summed E-state index contributed by atoms with van der Waals surface area (Å²) in [4.78, 5) is 8.90. The molecule has 0 radical (unpaired) electrons. The lowest BCUT2D eigenvalue weighted by Gasteiger charge is -2.09. The Morgan fingerprint density at radius 3 is 2.43 bits per heavy atom. The summed E-state index contributed by atoms with van der Waals surface area (Å²) >= 11 is 1.56. The Kier molecular flexibility index (Phi) is 6.34. The lowest BCUT2D eigenvalue weighted by molar-refractivity contribution is 0.851. The van der Waals surface area contributed by atoms with E-state index in [4.69, 9.17) is 0 Å². The molecule has 1 aromatic heterocycles. The molecule has 2 rings (SSSR count). The monoisotopic (exact) mass is 302 g/mol. The van der Waals surface area contributed by atoms with Gasteiger partial charge < -0.3 is 10.6 Å². The first-order valence-electron chi connectivity index (χ1n) is 7.26. The van der Waals surface area contributed by atoms with Crippen molar-refractivity contribution in [2.45, 2.75) is 24.9 Å². The van der Waals surface area contributed by atoms with Gasteiger partial charge in [-0.3, -0.25) is 0 Å². The molecule has 112 valence electrons. The number of thioether (sulfide) groups is 1. The summed E-state index contributed by atoms with van der Waals surface area (Å²) in [5.74, 6) is 1.76. The van der Waals surface area contributed by atoms with E-state index in [1.54, 1.807) is 11.8 Å². The molecule has 0 aliphatic carbocycles. The predicted octanol–water partition coefficient (Wildman–Crippen LogP) is 3.68. The zero-order valence-corrected chi connectivity index (χ0v) is 13.4. The summed E-state index contributed by atoms with van der Waals surface area (Å²) in [6.07, 6.45) is 4.15. The smallest absolute Gasteiger partial charge is 0.191 e. The van der Waals surface area contributed by atoms with Gasteiger partial charge in [0.05, 0.1) is 0 Å². The van der Waals surface area contributed by atoms with Crippen LogP contribution in [-0.2, 0) is 6.42 Å². The van der Waals surface area contributed by atoms with Gasteiger partial charge in [0.2, 0.25) is 0 Å². The Hall–Kier alpha value is -1.75. The summed E-state index contributed by atoms with van der Waals surface area (Å²) in [5, 5.41) is 7.41. The van der Waals surface area contributed by atoms with Gasteiger partial charge in [0.25, 0.3) is 0 Å². The van der Waals surface area contributed by atoms with Crippen LogP contribution >= 0.6 is 11.8 Å². The van der Waals surface area contributed by atoms with Gasteiger partial charge in [-0.2, -0.15) is 0 Å². The lowest BCUT2D eigenvalue weighted by Crippen LogP contribution is -2.08. The second-order valence-electron chi connectivity index (χ2n) is 4.67. The van der Waals surface area contributed by atoms with Crippen molar-refractivity contribution in [2.24, 2.45) is 0 Å². The van der Waals surface area contributed by atoms with Crippen LogP contribution in [0, 0.1) is 0 Å². The number of aryl methyl sites for hydroxylation is 1. The van der Waals surface area contributed by atoms with Gasteiger partial charge in [-0.05, 0) is 31.6 Å². The number of hydrogen-bond acceptors (Lipinski definition) is 5. The molecule has 0 bridgehead atoms. The molecule has 0 aliphatic heterocycles. The number of benzene rings is 1. The highest BCUT2D eigenvalue weighted by Crippen LogP contribution is 2.17. The van der Waals surface area contributed by atoms with Gasteiger partial charge in [-0.1, -0.05) is 42.1 Å². The molecular weight excluding hydrogens is 280 g/mol. The Labute approximate surface area is 130 Å². The zero-order valence-electron chi connectivity index (χ0n) is 12.6. The van der Waals surface area contributed by atoms with Crippen LogP contribution < -0.4 is 10.6 Å². The number of nitrogens with zero attached hydrogens (tertiary/aromatic N) is 2. The molecule has 1 aromatic carbocycles. The molecule has 4 nitrogen and oxygen atoms in total. The molecule has 1 heterocycles. The third kappa shape index (κ3) is 5.27. The van der Waals surface area contributed by atoms with Crippen LogP contribution in [-0.4, -0.2) is 29.3 Å². The number of anilines is 2. The molecule has 0 saturated carbocycles. The molecule has 0 saturated heterocycles. The number of rotatable bonds is 8. The van der Waals surface area contributed by atoms with Gasteiger partial charge in [-0.25, -0.2) is 9.97 Å². The first kappa shape index (κ1) is 15.6. The van der Waals surface area contributed by atoms with Crippen molar-refractivity contribution < 1.29 is 0 Å². The molecule has 0 fully saturated rings. The van der Waals surface area contributed by atoms with Crippen molar-refractivity contribution in [2.75, 3.05) is 30.0 Å². The highest BCUT2D eigenvalue weighted by Gasteiger charge is 2.03. The second-order valence-corrected chi connectivity index (χ2v) is 5.44. The lowest BCUT2D eigenvalue weighted by atomic mass is 10.1. The fraction of sp³-hybridized carbons (Fsp3) is 0.375. The molecule has 0 aliphatic rings. The first-order chi connectivity index (χ1) is 10.3. The van der Waals surface area contributed by atoms with Gasteiger partial charge in [-0.15, -0.1) is 0 Å². The highest BCUT2D eigenvalue weighted by atomic mass is 32.2. The van der Waals surface area contributed by atoms with Crippen molar-refractivity contribution >= 4 is 23.4 Å². The summed E-state index contributed by atoms with van der Waals surface area (Å²) < 4.78 is 0. The average molecular weight is 302 g/mol. The van der Waals surface area contributed by atoms with E-state index in [1.165, 1.54) is 5.56 Å². The largest absolute Gasteiger partial charge is 0.370 e. The molecule has 5 heteroatoms. The van der Waals surface area contributed by atoms with E-state index >= 15 is 0 Å². The van der Waals surface area contributed by atoms with Crippen LogP contribution in [0.1, 0.15) is 18.9 Å². The standard InChI is InChI=1S/C16H22N4S/c1-3-17-14-12-15(20-16(19-14)21-2)18-11-7-10-13-8-5-4-6-9-13/h4-6,8-9,12H,3,7,10-11H2,1-2H3,(H2,17,18,19,20). The number of aromatic nitrogens is 2. The maximum atomic E-state index is 4.48. The van der Waals surface area contributed by atoms with Crippen LogP contribution in [0.15, 0.2) is 41.6 Å². The molecule has 21 heavy (non-hydrogen) atoms. The molecule has 2 aromatic rings. The van der Waals surface area contributed by atoms with E-state index in [1.807, 2.05) is 12.3 Å². The number of nitrogens with one attached hydrogen (secondary N) is 2. The van der Waals surface area contributed by atoms with Crippen LogP contribution in [0.3, 0.4) is 0 Å². The maximum Gasteiger partial charge on any atom is 0.191 e. The number of hydrogen-bond donors (Lipinski definition) is 2. The normalized spacial score (nSPS) is 10.4. The van der Waals surface area contributed by atoms with Crippen molar-refractivity contribution in [1.82, 2.24) is 9.97 Å². The molecule has 0 amide bonds. The minimum absolute atomic E-state index is 0.791. The summed E-state index contributed by atoms with van der Waals surface area (Å²) in [7, 11) is 0. The highest BCUT2D eigenvalue weighted by molar-refractivity contribution is 7.98. The first-order valence-corrected chi connectivity index (χ1v) is 8.49. The van der Waals surface area contributed by atoms with E-state index in [0.717, 1.165) is 42.7 Å². The fourth-order valence-electron chi connectivity index (χ4n) is 2.03. The van der Waals surface area contributed by atoms with E-state index in [2.05, 4.69) is 57.9 Å². The van der Waals surface area contributed by atoms with Crippen molar-refractivity contribution in [3.63, 3.8) is 0 Å². The fourth-order valence-corrected chi connectivity index (χ4v) is 2.41. The van der Waals surface area contributed by atoms with Gasteiger partial charge in [0.15, 0.2) is 5.16 Å². The Morgan fingerprint density at radius 2 is 1.76 bits per heavy atom. The van der Waals surface area contributed by atoms with E-state index in [9.17, 15) is 0 Å². The Bertz CT molecular complexity index is 545. The summed E-state index contributed by atoms with van der Waals surface area (Å²) in [6, 6.07) is 12.5. The Balaban J connectivity index is 1.86. The topological polar surface area (TPSA) is 49.8 Å². The second kappa shape index (κ2) is 8.52. The maximum absolute atomic E-state index is 4.48. The van der Waals surface area contributed by atoms with Gasteiger partial charge >= 0.3 is 0 Å².